The van der Waals surface area contributed by atoms with Crippen LogP contribution in [-0.2, 0) is 6.42 Å². The Kier molecular flexibility index (Phi) is 4.96. The molecule has 1 aromatic heterocycles. The first kappa shape index (κ1) is 11.2. The van der Waals surface area contributed by atoms with E-state index in [0.717, 1.165) is 16.2 Å². The minimum absolute atomic E-state index is 0.702. The summed E-state index contributed by atoms with van der Waals surface area (Å²) >= 11 is 6.88. The molecule has 0 radical (unpaired) electrons. The van der Waals surface area contributed by atoms with Gasteiger partial charge >= 0.3 is 0 Å². The zero-order valence-electron chi connectivity index (χ0n) is 7.63. The van der Waals surface area contributed by atoms with E-state index >= 15 is 0 Å². The minimum Gasteiger partial charge on any atom is -0.260 e. The monoisotopic (exact) mass is 305 g/mol. The molecular formula is C10H13Br2N. The first-order valence-electron chi connectivity index (χ1n) is 4.42. The van der Waals surface area contributed by atoms with Crippen molar-refractivity contribution in [2.45, 2.75) is 19.8 Å². The second-order valence-corrected chi connectivity index (χ2v) is 4.66. The molecule has 1 rings (SSSR count). The summed E-state index contributed by atoms with van der Waals surface area (Å²) in [6, 6.07) is 4.12. The molecule has 0 aliphatic rings. The van der Waals surface area contributed by atoms with E-state index in [0.29, 0.717) is 5.92 Å². The van der Waals surface area contributed by atoms with Gasteiger partial charge in [-0.1, -0.05) is 29.3 Å². The lowest BCUT2D eigenvalue weighted by Crippen LogP contribution is -2.05. The van der Waals surface area contributed by atoms with Gasteiger partial charge in [-0.05, 0) is 40.4 Å². The van der Waals surface area contributed by atoms with Crippen molar-refractivity contribution in [1.29, 1.82) is 0 Å². The number of pyridine rings is 1. The Morgan fingerprint density at radius 3 is 2.69 bits per heavy atom. The largest absolute Gasteiger partial charge is 0.260 e. The third-order valence-electron chi connectivity index (χ3n) is 2.08. The average Bonchev–Trinajstić information content (AvgIpc) is 2.17. The molecular weight excluding hydrogens is 294 g/mol. The number of nitrogens with zero attached hydrogens (tertiary/aromatic N) is 1. The predicted octanol–water partition coefficient (Wildman–Crippen LogP) is 3.81. The second-order valence-electron chi connectivity index (χ2n) is 3.10. The molecule has 0 amide bonds. The van der Waals surface area contributed by atoms with E-state index in [9.17, 15) is 0 Å². The number of hydrogen-bond acceptors (Lipinski definition) is 1. The van der Waals surface area contributed by atoms with Crippen LogP contribution in [0.2, 0.25) is 0 Å². The number of rotatable bonds is 4. The molecule has 0 fully saturated rings. The summed E-state index contributed by atoms with van der Waals surface area (Å²) in [5, 5.41) is 1.06. The van der Waals surface area contributed by atoms with Gasteiger partial charge in [-0.15, -0.1) is 0 Å². The molecule has 1 aromatic rings. The number of hydrogen-bond donors (Lipinski definition) is 0. The highest BCUT2D eigenvalue weighted by molar-refractivity contribution is 9.10. The summed E-state index contributed by atoms with van der Waals surface area (Å²) < 4.78 is 1.04. The van der Waals surface area contributed by atoms with Gasteiger partial charge in [0.15, 0.2) is 0 Å². The molecule has 13 heavy (non-hydrogen) atoms. The van der Waals surface area contributed by atoms with Crippen molar-refractivity contribution in [2.24, 2.45) is 5.92 Å². The molecule has 1 atom stereocenters. The second kappa shape index (κ2) is 5.76. The van der Waals surface area contributed by atoms with Gasteiger partial charge in [0.1, 0.15) is 0 Å². The van der Waals surface area contributed by atoms with Crippen molar-refractivity contribution in [3.8, 4) is 0 Å². The molecule has 1 nitrogen and oxygen atoms in total. The zero-order valence-corrected chi connectivity index (χ0v) is 10.8. The van der Waals surface area contributed by atoms with Crippen LogP contribution in [0.5, 0.6) is 0 Å². The first-order valence-corrected chi connectivity index (χ1v) is 6.34. The van der Waals surface area contributed by atoms with Gasteiger partial charge in [0.25, 0.3) is 0 Å². The van der Waals surface area contributed by atoms with Crippen LogP contribution in [0.3, 0.4) is 0 Å². The van der Waals surface area contributed by atoms with Crippen LogP contribution in [0.25, 0.3) is 0 Å². The van der Waals surface area contributed by atoms with Gasteiger partial charge in [-0.3, -0.25) is 4.98 Å². The Labute approximate surface area is 96.2 Å². The highest BCUT2D eigenvalue weighted by Crippen LogP contribution is 2.14. The standard InChI is InChI=1S/C10H13Br2N/c1-2-8(6-11)5-10-4-3-9(12)7-13-10/h3-4,7-8H,2,5-6H2,1H3. The fourth-order valence-electron chi connectivity index (χ4n) is 1.13. The van der Waals surface area contributed by atoms with Gasteiger partial charge in [-0.2, -0.15) is 0 Å². The van der Waals surface area contributed by atoms with E-state index in [2.05, 4.69) is 49.8 Å². The summed E-state index contributed by atoms with van der Waals surface area (Å²) in [6.45, 7) is 2.21. The van der Waals surface area contributed by atoms with Gasteiger partial charge in [0.2, 0.25) is 0 Å². The minimum atomic E-state index is 0.702. The van der Waals surface area contributed by atoms with E-state index in [4.69, 9.17) is 0 Å². The normalized spacial score (nSPS) is 12.8. The Hall–Kier alpha value is 0.110. The van der Waals surface area contributed by atoms with Gasteiger partial charge in [0, 0.05) is 21.7 Å². The molecule has 1 unspecified atom stereocenters. The van der Waals surface area contributed by atoms with E-state index < -0.39 is 0 Å². The lowest BCUT2D eigenvalue weighted by molar-refractivity contribution is 0.565. The van der Waals surface area contributed by atoms with E-state index in [1.165, 1.54) is 12.1 Å². The van der Waals surface area contributed by atoms with Gasteiger partial charge < -0.3 is 0 Å². The molecule has 0 aromatic carbocycles. The average molecular weight is 307 g/mol. The van der Waals surface area contributed by atoms with Crippen molar-refractivity contribution in [3.05, 3.63) is 28.5 Å². The summed E-state index contributed by atoms with van der Waals surface area (Å²) in [5.74, 6) is 0.702. The number of halogens is 2. The maximum absolute atomic E-state index is 4.35. The Morgan fingerprint density at radius 2 is 2.23 bits per heavy atom. The van der Waals surface area contributed by atoms with Crippen LogP contribution in [0, 0.1) is 5.92 Å². The predicted molar refractivity (Wildman–Crippen MR) is 63.2 cm³/mol. The molecule has 0 bridgehead atoms. The van der Waals surface area contributed by atoms with E-state index in [1.54, 1.807) is 0 Å². The molecule has 0 aliphatic heterocycles. The molecule has 0 saturated heterocycles. The third-order valence-corrected chi connectivity index (χ3v) is 3.47. The van der Waals surface area contributed by atoms with E-state index in [-0.39, 0.29) is 0 Å². The van der Waals surface area contributed by atoms with Gasteiger partial charge in [-0.25, -0.2) is 0 Å². The van der Waals surface area contributed by atoms with Crippen molar-refractivity contribution >= 4 is 31.9 Å². The molecule has 1 heterocycles. The lowest BCUT2D eigenvalue weighted by Gasteiger charge is -2.09. The Bertz CT molecular complexity index is 242. The van der Waals surface area contributed by atoms with E-state index in [1.807, 2.05) is 12.3 Å². The topological polar surface area (TPSA) is 12.9 Å². The van der Waals surface area contributed by atoms with Crippen LogP contribution in [0.1, 0.15) is 19.0 Å². The molecule has 0 spiro atoms. The van der Waals surface area contributed by atoms with Crippen LogP contribution in [0.4, 0.5) is 0 Å². The molecule has 72 valence electrons. The fraction of sp³-hybridized carbons (Fsp3) is 0.500. The van der Waals surface area contributed by atoms with Crippen LogP contribution in [0.15, 0.2) is 22.8 Å². The fourth-order valence-corrected chi connectivity index (χ4v) is 2.05. The summed E-state index contributed by atoms with van der Waals surface area (Å²) in [7, 11) is 0. The van der Waals surface area contributed by atoms with Crippen LogP contribution in [-0.4, -0.2) is 10.3 Å². The Balaban J connectivity index is 2.58. The van der Waals surface area contributed by atoms with Crippen LogP contribution >= 0.6 is 31.9 Å². The highest BCUT2D eigenvalue weighted by Gasteiger charge is 2.05. The lowest BCUT2D eigenvalue weighted by atomic mass is 10.0. The van der Waals surface area contributed by atoms with Crippen LogP contribution < -0.4 is 0 Å². The van der Waals surface area contributed by atoms with Gasteiger partial charge in [0.05, 0.1) is 0 Å². The van der Waals surface area contributed by atoms with Crippen molar-refractivity contribution in [2.75, 3.05) is 5.33 Å². The molecule has 0 saturated carbocycles. The summed E-state index contributed by atoms with van der Waals surface area (Å²) in [6.07, 6.45) is 4.12. The summed E-state index contributed by atoms with van der Waals surface area (Å²) in [4.78, 5) is 4.35. The molecule has 0 N–H and O–H groups in total. The third kappa shape index (κ3) is 3.77. The van der Waals surface area contributed by atoms with Crippen molar-refractivity contribution in [3.63, 3.8) is 0 Å². The smallest absolute Gasteiger partial charge is 0.0413 e. The number of alkyl halides is 1. The number of aromatic nitrogens is 1. The van der Waals surface area contributed by atoms with Crippen molar-refractivity contribution < 1.29 is 0 Å². The SMILES string of the molecule is CCC(CBr)Cc1ccc(Br)cn1. The Morgan fingerprint density at radius 1 is 1.46 bits per heavy atom. The maximum atomic E-state index is 4.35. The zero-order chi connectivity index (χ0) is 9.68. The molecule has 3 heteroatoms. The maximum Gasteiger partial charge on any atom is 0.0413 e. The quantitative estimate of drug-likeness (QED) is 0.771. The first-order chi connectivity index (χ1) is 6.26. The molecule has 0 aliphatic carbocycles. The summed E-state index contributed by atoms with van der Waals surface area (Å²) in [5.41, 5.74) is 1.18. The highest BCUT2D eigenvalue weighted by atomic mass is 79.9. The van der Waals surface area contributed by atoms with Crippen molar-refractivity contribution in [1.82, 2.24) is 4.98 Å².